The van der Waals surface area contributed by atoms with E-state index >= 15 is 0 Å². The van der Waals surface area contributed by atoms with Crippen molar-refractivity contribution in [3.05, 3.63) is 132 Å². The Balaban J connectivity index is 1.38. The minimum Gasteiger partial charge on any atom is -0.192 e. The molecule has 2 aromatic heterocycles. The minimum absolute atomic E-state index is 0.295. The third kappa shape index (κ3) is 4.14. The van der Waals surface area contributed by atoms with Crippen LogP contribution in [0, 0.1) is 34.0 Å². The van der Waals surface area contributed by atoms with Gasteiger partial charge in [-0.25, -0.2) is 0 Å². The van der Waals surface area contributed by atoms with Crippen molar-refractivity contribution in [3.63, 3.8) is 0 Å². The van der Waals surface area contributed by atoms with Crippen LogP contribution in [0.3, 0.4) is 0 Å². The van der Waals surface area contributed by atoms with Gasteiger partial charge in [-0.1, -0.05) is 60.7 Å². The maximum absolute atomic E-state index is 10.1. The van der Waals surface area contributed by atoms with E-state index in [9.17, 15) is 15.8 Å². The van der Waals surface area contributed by atoms with Crippen LogP contribution in [0.15, 0.2) is 115 Å². The van der Waals surface area contributed by atoms with Gasteiger partial charge in [-0.2, -0.15) is 15.8 Å². The minimum atomic E-state index is 0.295. The van der Waals surface area contributed by atoms with E-state index in [1.165, 1.54) is 40.3 Å². The van der Waals surface area contributed by atoms with Crippen molar-refractivity contribution >= 4 is 63.0 Å². The van der Waals surface area contributed by atoms with E-state index in [0.29, 0.717) is 22.3 Å². The van der Waals surface area contributed by atoms with Gasteiger partial charge < -0.3 is 0 Å². The molecule has 0 amide bonds. The summed E-state index contributed by atoms with van der Waals surface area (Å²) < 4.78 is 4.91. The summed E-state index contributed by atoms with van der Waals surface area (Å²) in [5, 5.41) is 34.7. The molecule has 0 bridgehead atoms. The SMILES string of the molecule is N#Cc1cc(C#N)c(-c2cc(-c3ccc4c(c3)sc3ccccc34)cc(-c3ccc4c(c3)sc3ccccc34)c2)c(C#N)c1. The Labute approximate surface area is 261 Å². The number of benzene rings is 6. The molecule has 2 heterocycles. The van der Waals surface area contributed by atoms with Crippen molar-refractivity contribution in [2.24, 2.45) is 0 Å². The molecule has 0 fully saturated rings. The molecule has 0 spiro atoms. The Morgan fingerprint density at radius 3 is 1.32 bits per heavy atom. The first-order chi connectivity index (χ1) is 21.6. The normalized spacial score (nSPS) is 11.1. The van der Waals surface area contributed by atoms with Crippen LogP contribution >= 0.6 is 22.7 Å². The molecule has 0 N–H and O–H groups in total. The highest BCUT2D eigenvalue weighted by atomic mass is 32.1. The van der Waals surface area contributed by atoms with Crippen LogP contribution < -0.4 is 0 Å². The van der Waals surface area contributed by atoms with Crippen LogP contribution in [0.1, 0.15) is 16.7 Å². The van der Waals surface area contributed by atoms with E-state index in [-0.39, 0.29) is 0 Å². The largest absolute Gasteiger partial charge is 0.192 e. The average Bonchev–Trinajstić information content (AvgIpc) is 3.64. The lowest BCUT2D eigenvalue weighted by Crippen LogP contribution is -1.94. The van der Waals surface area contributed by atoms with E-state index in [4.69, 9.17) is 0 Å². The second kappa shape index (κ2) is 10.2. The van der Waals surface area contributed by atoms with Crippen LogP contribution in [0.4, 0.5) is 0 Å². The molecule has 0 saturated heterocycles. The molecule has 0 saturated carbocycles. The second-order valence-electron chi connectivity index (χ2n) is 10.7. The van der Waals surface area contributed by atoms with Gasteiger partial charge in [0.1, 0.15) is 0 Å². The van der Waals surface area contributed by atoms with Crippen LogP contribution in [-0.4, -0.2) is 0 Å². The van der Waals surface area contributed by atoms with Crippen LogP contribution in [0.2, 0.25) is 0 Å². The molecule has 8 aromatic rings. The first-order valence-corrected chi connectivity index (χ1v) is 15.6. The highest BCUT2D eigenvalue weighted by Crippen LogP contribution is 2.41. The Morgan fingerprint density at radius 2 is 0.841 bits per heavy atom. The summed E-state index contributed by atoms with van der Waals surface area (Å²) in [6.45, 7) is 0. The molecule has 6 aromatic carbocycles. The van der Waals surface area contributed by atoms with E-state index in [2.05, 4.69) is 121 Å². The third-order valence-corrected chi connectivity index (χ3v) is 10.4. The fraction of sp³-hybridized carbons (Fsp3) is 0. The maximum atomic E-state index is 10.1. The van der Waals surface area contributed by atoms with Crippen LogP contribution in [0.25, 0.3) is 73.7 Å². The van der Waals surface area contributed by atoms with Gasteiger partial charge in [0, 0.05) is 45.9 Å². The number of thiophene rings is 2. The Bertz CT molecular complexity index is 2430. The van der Waals surface area contributed by atoms with E-state index in [1.807, 2.05) is 0 Å². The molecule has 5 heteroatoms. The summed E-state index contributed by atoms with van der Waals surface area (Å²) in [7, 11) is 0. The fourth-order valence-electron chi connectivity index (χ4n) is 6.11. The zero-order valence-electron chi connectivity index (χ0n) is 23.1. The summed E-state index contributed by atoms with van der Waals surface area (Å²) in [5.41, 5.74) is 6.32. The molecule has 8 rings (SSSR count). The van der Waals surface area contributed by atoms with E-state index in [0.717, 1.165) is 27.8 Å². The molecule has 0 radical (unpaired) electrons. The smallest absolute Gasteiger partial charge is 0.0999 e. The number of hydrogen-bond acceptors (Lipinski definition) is 5. The molecular weight excluding hydrogens is 575 g/mol. The summed E-state index contributed by atoms with van der Waals surface area (Å²) in [5.74, 6) is 0. The van der Waals surface area contributed by atoms with Gasteiger partial charge in [0.2, 0.25) is 0 Å². The van der Waals surface area contributed by atoms with Crippen molar-refractivity contribution in [3.8, 4) is 51.6 Å². The summed E-state index contributed by atoms with van der Waals surface area (Å²) in [4.78, 5) is 0. The standard InChI is InChI=1S/C39H19N3S2/c40-20-23-13-29(21-41)39(30(14-23)22-42)28-16-26(24-9-11-33-31-5-1-3-7-35(31)43-37(33)18-24)15-27(17-28)25-10-12-34-32-6-2-4-8-36(32)44-38(34)19-25/h1-19H. The van der Waals surface area contributed by atoms with Crippen molar-refractivity contribution in [2.45, 2.75) is 0 Å². The second-order valence-corrected chi connectivity index (χ2v) is 12.9. The van der Waals surface area contributed by atoms with E-state index < -0.39 is 0 Å². The molecule has 0 unspecified atom stereocenters. The topological polar surface area (TPSA) is 71.4 Å². The number of fused-ring (bicyclic) bond motifs is 6. The molecule has 0 aliphatic carbocycles. The molecular formula is C39H19N3S2. The predicted molar refractivity (Wildman–Crippen MR) is 183 cm³/mol. The summed E-state index contributed by atoms with van der Waals surface area (Å²) in [6, 6.07) is 46.0. The van der Waals surface area contributed by atoms with Gasteiger partial charge in [-0.15, -0.1) is 22.7 Å². The van der Waals surface area contributed by atoms with Gasteiger partial charge in [0.05, 0.1) is 34.9 Å². The van der Waals surface area contributed by atoms with Gasteiger partial charge in [-0.05, 0) is 82.4 Å². The molecule has 0 aliphatic heterocycles. The average molecular weight is 594 g/mol. The lowest BCUT2D eigenvalue weighted by atomic mass is 9.88. The summed E-state index contributed by atoms with van der Waals surface area (Å²) in [6.07, 6.45) is 0. The number of nitriles is 3. The number of hydrogen-bond donors (Lipinski definition) is 0. The van der Waals surface area contributed by atoms with Crippen molar-refractivity contribution in [1.82, 2.24) is 0 Å². The lowest BCUT2D eigenvalue weighted by molar-refractivity contribution is 1.41. The quantitative estimate of drug-likeness (QED) is 0.205. The van der Waals surface area contributed by atoms with Crippen LogP contribution in [0.5, 0.6) is 0 Å². The molecule has 0 atom stereocenters. The zero-order valence-corrected chi connectivity index (χ0v) is 24.8. The molecule has 44 heavy (non-hydrogen) atoms. The summed E-state index contributed by atoms with van der Waals surface area (Å²) >= 11 is 3.55. The van der Waals surface area contributed by atoms with Gasteiger partial charge in [0.25, 0.3) is 0 Å². The van der Waals surface area contributed by atoms with Gasteiger partial charge >= 0.3 is 0 Å². The van der Waals surface area contributed by atoms with Crippen LogP contribution in [-0.2, 0) is 0 Å². The first-order valence-electron chi connectivity index (χ1n) is 14.0. The predicted octanol–water partition coefficient (Wildman–Crippen LogP) is 11.0. The number of rotatable bonds is 3. The molecule has 0 aliphatic rings. The van der Waals surface area contributed by atoms with Crippen molar-refractivity contribution in [1.29, 1.82) is 15.8 Å². The highest BCUT2D eigenvalue weighted by Gasteiger charge is 2.17. The molecule has 202 valence electrons. The Morgan fingerprint density at radius 1 is 0.386 bits per heavy atom. The number of nitrogens with zero attached hydrogens (tertiary/aromatic N) is 3. The van der Waals surface area contributed by atoms with E-state index in [1.54, 1.807) is 34.8 Å². The van der Waals surface area contributed by atoms with Crippen molar-refractivity contribution in [2.75, 3.05) is 0 Å². The Kier molecular flexibility index (Phi) is 6.00. The van der Waals surface area contributed by atoms with Gasteiger partial charge in [0.15, 0.2) is 0 Å². The fourth-order valence-corrected chi connectivity index (χ4v) is 8.40. The highest BCUT2D eigenvalue weighted by molar-refractivity contribution is 7.26. The first kappa shape index (κ1) is 25.9. The third-order valence-electron chi connectivity index (χ3n) is 8.15. The Hall–Kier alpha value is -5.77. The molecule has 3 nitrogen and oxygen atoms in total. The van der Waals surface area contributed by atoms with Crippen molar-refractivity contribution < 1.29 is 0 Å². The monoisotopic (exact) mass is 593 g/mol. The zero-order chi connectivity index (χ0) is 29.8. The van der Waals surface area contributed by atoms with Gasteiger partial charge in [-0.3, -0.25) is 0 Å². The lowest BCUT2D eigenvalue weighted by Gasteiger charge is -2.14. The maximum Gasteiger partial charge on any atom is 0.0999 e.